The SMILES string of the molecule is O=C(N[C@@H]1CCC[C@H]1O)OCc1ccccc1. The average Bonchev–Trinajstić information content (AvgIpc) is 2.74. The van der Waals surface area contributed by atoms with Crippen LogP contribution in [-0.4, -0.2) is 23.3 Å². The standard InChI is InChI=1S/C13H17NO3/c15-12-8-4-7-11(12)14-13(16)17-9-10-5-2-1-3-6-10/h1-3,5-6,11-12,15H,4,7-9H2,(H,14,16)/t11-,12-/m1/s1. The highest BCUT2D eigenvalue weighted by Crippen LogP contribution is 2.18. The van der Waals surface area contributed by atoms with Gasteiger partial charge in [-0.3, -0.25) is 0 Å². The molecule has 0 spiro atoms. The normalized spacial score (nSPS) is 23.4. The van der Waals surface area contributed by atoms with Crippen LogP contribution in [0, 0.1) is 0 Å². The smallest absolute Gasteiger partial charge is 0.407 e. The van der Waals surface area contributed by atoms with Gasteiger partial charge in [-0.2, -0.15) is 0 Å². The summed E-state index contributed by atoms with van der Waals surface area (Å²) in [5.41, 5.74) is 0.953. The number of hydrogen-bond donors (Lipinski definition) is 2. The Hall–Kier alpha value is -1.55. The maximum Gasteiger partial charge on any atom is 0.407 e. The summed E-state index contributed by atoms with van der Waals surface area (Å²) in [6, 6.07) is 9.36. The van der Waals surface area contributed by atoms with Crippen molar-refractivity contribution >= 4 is 6.09 Å². The summed E-state index contributed by atoms with van der Waals surface area (Å²) in [7, 11) is 0. The Kier molecular flexibility index (Phi) is 3.98. The second-order valence-corrected chi connectivity index (χ2v) is 4.31. The molecule has 1 fully saturated rings. The number of aliphatic hydroxyl groups excluding tert-OH is 1. The molecule has 4 heteroatoms. The Labute approximate surface area is 101 Å². The quantitative estimate of drug-likeness (QED) is 0.840. The van der Waals surface area contributed by atoms with Crippen LogP contribution in [0.3, 0.4) is 0 Å². The van der Waals surface area contributed by atoms with Crippen molar-refractivity contribution in [2.45, 2.75) is 38.0 Å². The summed E-state index contributed by atoms with van der Waals surface area (Å²) in [6.07, 6.45) is 1.63. The first-order valence-corrected chi connectivity index (χ1v) is 5.91. The molecule has 0 radical (unpaired) electrons. The van der Waals surface area contributed by atoms with Gasteiger partial charge in [-0.05, 0) is 24.8 Å². The highest BCUT2D eigenvalue weighted by atomic mass is 16.5. The van der Waals surface area contributed by atoms with Gasteiger partial charge < -0.3 is 15.2 Å². The molecular weight excluding hydrogens is 218 g/mol. The molecular formula is C13H17NO3. The van der Waals surface area contributed by atoms with Gasteiger partial charge in [0.15, 0.2) is 0 Å². The van der Waals surface area contributed by atoms with Gasteiger partial charge in [-0.25, -0.2) is 4.79 Å². The Morgan fingerprint density at radius 3 is 2.76 bits per heavy atom. The van der Waals surface area contributed by atoms with Gasteiger partial charge in [-0.1, -0.05) is 30.3 Å². The summed E-state index contributed by atoms with van der Waals surface area (Å²) < 4.78 is 5.08. The average molecular weight is 235 g/mol. The van der Waals surface area contributed by atoms with Crippen molar-refractivity contribution in [3.63, 3.8) is 0 Å². The Bertz CT molecular complexity index is 366. The third-order valence-electron chi connectivity index (χ3n) is 3.00. The minimum absolute atomic E-state index is 0.154. The number of carbonyl (C=O) groups excluding carboxylic acids is 1. The molecule has 0 saturated heterocycles. The number of benzene rings is 1. The lowest BCUT2D eigenvalue weighted by atomic mass is 10.2. The molecule has 2 rings (SSSR count). The van der Waals surface area contributed by atoms with Gasteiger partial charge >= 0.3 is 6.09 Å². The number of aliphatic hydroxyl groups is 1. The van der Waals surface area contributed by atoms with Crippen molar-refractivity contribution in [1.29, 1.82) is 0 Å². The summed E-state index contributed by atoms with van der Waals surface area (Å²) in [6.45, 7) is 0.259. The van der Waals surface area contributed by atoms with Crippen molar-refractivity contribution < 1.29 is 14.6 Å². The van der Waals surface area contributed by atoms with Gasteiger partial charge in [0, 0.05) is 0 Å². The second kappa shape index (κ2) is 5.68. The minimum atomic E-state index is -0.459. The van der Waals surface area contributed by atoms with E-state index in [2.05, 4.69) is 5.32 Å². The van der Waals surface area contributed by atoms with Crippen molar-refractivity contribution in [2.75, 3.05) is 0 Å². The maximum absolute atomic E-state index is 11.5. The van der Waals surface area contributed by atoms with E-state index in [1.54, 1.807) is 0 Å². The van der Waals surface area contributed by atoms with Crippen LogP contribution in [0.25, 0.3) is 0 Å². The number of carbonyl (C=O) groups is 1. The summed E-state index contributed by atoms with van der Waals surface area (Å²) in [4.78, 5) is 11.5. The molecule has 1 aliphatic rings. The molecule has 0 aliphatic heterocycles. The van der Waals surface area contributed by atoms with E-state index in [0.717, 1.165) is 24.8 Å². The van der Waals surface area contributed by atoms with Gasteiger partial charge in [-0.15, -0.1) is 0 Å². The van der Waals surface area contributed by atoms with Crippen molar-refractivity contribution in [3.05, 3.63) is 35.9 Å². The van der Waals surface area contributed by atoms with Gasteiger partial charge in [0.1, 0.15) is 6.61 Å². The highest BCUT2D eigenvalue weighted by Gasteiger charge is 2.26. The molecule has 17 heavy (non-hydrogen) atoms. The molecule has 1 saturated carbocycles. The van der Waals surface area contributed by atoms with Crippen LogP contribution in [0.4, 0.5) is 4.79 Å². The predicted molar refractivity (Wildman–Crippen MR) is 63.4 cm³/mol. The number of rotatable bonds is 3. The molecule has 1 amide bonds. The fraction of sp³-hybridized carbons (Fsp3) is 0.462. The molecule has 92 valence electrons. The number of nitrogens with one attached hydrogen (secondary N) is 1. The van der Waals surface area contributed by atoms with Crippen LogP contribution < -0.4 is 5.32 Å². The van der Waals surface area contributed by atoms with Crippen molar-refractivity contribution in [1.82, 2.24) is 5.32 Å². The lowest BCUT2D eigenvalue weighted by molar-refractivity contribution is 0.113. The lowest BCUT2D eigenvalue weighted by Crippen LogP contribution is -2.40. The van der Waals surface area contributed by atoms with Gasteiger partial charge in [0.05, 0.1) is 12.1 Å². The highest BCUT2D eigenvalue weighted by molar-refractivity contribution is 5.67. The predicted octanol–water partition coefficient (Wildman–Crippen LogP) is 1.83. The Morgan fingerprint density at radius 2 is 2.12 bits per heavy atom. The number of hydrogen-bond acceptors (Lipinski definition) is 3. The van der Waals surface area contributed by atoms with E-state index in [4.69, 9.17) is 4.74 Å². The summed E-state index contributed by atoms with van der Waals surface area (Å²) >= 11 is 0. The first-order valence-electron chi connectivity index (χ1n) is 5.91. The van der Waals surface area contributed by atoms with Gasteiger partial charge in [0.2, 0.25) is 0 Å². The van der Waals surface area contributed by atoms with Crippen molar-refractivity contribution in [2.24, 2.45) is 0 Å². The Morgan fingerprint density at radius 1 is 1.35 bits per heavy atom. The van der Waals surface area contributed by atoms with Crippen molar-refractivity contribution in [3.8, 4) is 0 Å². The van der Waals surface area contributed by atoms with E-state index in [9.17, 15) is 9.90 Å². The van der Waals surface area contributed by atoms with E-state index in [-0.39, 0.29) is 12.6 Å². The summed E-state index contributed by atoms with van der Waals surface area (Å²) in [5.74, 6) is 0. The van der Waals surface area contributed by atoms with Crippen LogP contribution in [-0.2, 0) is 11.3 Å². The first kappa shape index (κ1) is 11.9. The molecule has 1 aromatic carbocycles. The van der Waals surface area contributed by atoms with Crippen LogP contribution in [0.5, 0.6) is 0 Å². The molecule has 0 aromatic heterocycles. The number of ether oxygens (including phenoxy) is 1. The fourth-order valence-electron chi connectivity index (χ4n) is 2.02. The van der Waals surface area contributed by atoms with Crippen LogP contribution in [0.1, 0.15) is 24.8 Å². The molecule has 2 atom stereocenters. The van der Waals surface area contributed by atoms with Gasteiger partial charge in [0.25, 0.3) is 0 Å². The molecule has 0 bridgehead atoms. The topological polar surface area (TPSA) is 58.6 Å². The molecule has 4 nitrogen and oxygen atoms in total. The zero-order valence-corrected chi connectivity index (χ0v) is 9.63. The van der Waals surface area contributed by atoms with E-state index < -0.39 is 12.2 Å². The third-order valence-corrected chi connectivity index (χ3v) is 3.00. The molecule has 1 aliphatic carbocycles. The lowest BCUT2D eigenvalue weighted by Gasteiger charge is -2.16. The van der Waals surface area contributed by atoms with E-state index in [1.165, 1.54) is 0 Å². The maximum atomic E-state index is 11.5. The molecule has 1 aromatic rings. The molecule has 2 N–H and O–H groups in total. The zero-order valence-electron chi connectivity index (χ0n) is 9.63. The zero-order chi connectivity index (χ0) is 12.1. The molecule has 0 unspecified atom stereocenters. The monoisotopic (exact) mass is 235 g/mol. The second-order valence-electron chi connectivity index (χ2n) is 4.31. The van der Waals surface area contributed by atoms with E-state index >= 15 is 0 Å². The van der Waals surface area contributed by atoms with E-state index in [1.807, 2.05) is 30.3 Å². The van der Waals surface area contributed by atoms with Crippen LogP contribution >= 0.6 is 0 Å². The summed E-state index contributed by atoms with van der Waals surface area (Å²) in [5, 5.41) is 12.2. The largest absolute Gasteiger partial charge is 0.445 e. The van der Waals surface area contributed by atoms with Crippen LogP contribution in [0.2, 0.25) is 0 Å². The first-order chi connectivity index (χ1) is 8.25. The fourth-order valence-corrected chi connectivity index (χ4v) is 2.02. The van der Waals surface area contributed by atoms with E-state index in [0.29, 0.717) is 0 Å². The third kappa shape index (κ3) is 3.46. The van der Waals surface area contributed by atoms with Crippen LogP contribution in [0.15, 0.2) is 30.3 Å². The molecule has 0 heterocycles. The Balaban J connectivity index is 1.74. The number of alkyl carbamates (subject to hydrolysis) is 1. The minimum Gasteiger partial charge on any atom is -0.445 e. The number of amides is 1.